The van der Waals surface area contributed by atoms with Crippen molar-refractivity contribution in [1.82, 2.24) is 20.6 Å². The SMILES string of the molecule is Nc1cc(C(=O)NC2(C(=O)NCc3ccc(Oc4ccc(O)cc4C(F)(F)F)cn3)CC2)ccn1. The van der Waals surface area contributed by atoms with Crippen LogP contribution in [0.2, 0.25) is 0 Å². The monoisotopic (exact) mass is 487 g/mol. The van der Waals surface area contributed by atoms with E-state index in [1.54, 1.807) is 0 Å². The Morgan fingerprint density at radius 3 is 2.51 bits per heavy atom. The van der Waals surface area contributed by atoms with Crippen LogP contribution in [0.3, 0.4) is 0 Å². The normalized spacial score (nSPS) is 14.1. The molecule has 4 rings (SSSR count). The highest BCUT2D eigenvalue weighted by Crippen LogP contribution is 2.40. The van der Waals surface area contributed by atoms with Crippen LogP contribution in [-0.4, -0.2) is 32.4 Å². The first-order chi connectivity index (χ1) is 16.6. The molecule has 1 aliphatic rings. The molecule has 182 valence electrons. The number of nitrogens with zero attached hydrogens (tertiary/aromatic N) is 2. The fourth-order valence-electron chi connectivity index (χ4n) is 3.28. The topological polar surface area (TPSA) is 139 Å². The quantitative estimate of drug-likeness (QED) is 0.401. The molecular weight excluding hydrogens is 467 g/mol. The third-order valence-electron chi connectivity index (χ3n) is 5.30. The summed E-state index contributed by atoms with van der Waals surface area (Å²) in [4.78, 5) is 33.0. The van der Waals surface area contributed by atoms with Crippen LogP contribution in [0, 0.1) is 0 Å². The minimum Gasteiger partial charge on any atom is -0.508 e. The van der Waals surface area contributed by atoms with Gasteiger partial charge < -0.3 is 26.2 Å². The second-order valence-corrected chi connectivity index (χ2v) is 7.95. The maximum absolute atomic E-state index is 13.2. The van der Waals surface area contributed by atoms with E-state index < -0.39 is 34.7 Å². The molecule has 0 atom stereocenters. The molecule has 1 aliphatic carbocycles. The van der Waals surface area contributed by atoms with E-state index in [1.807, 2.05) is 0 Å². The number of aromatic hydroxyl groups is 1. The summed E-state index contributed by atoms with van der Waals surface area (Å²) in [5, 5.41) is 14.8. The van der Waals surface area contributed by atoms with Gasteiger partial charge in [-0.2, -0.15) is 13.2 Å². The van der Waals surface area contributed by atoms with Crippen LogP contribution >= 0.6 is 0 Å². The summed E-state index contributed by atoms with van der Waals surface area (Å²) in [7, 11) is 0. The van der Waals surface area contributed by atoms with Crippen molar-refractivity contribution in [2.75, 3.05) is 5.73 Å². The van der Waals surface area contributed by atoms with Gasteiger partial charge in [0.25, 0.3) is 5.91 Å². The number of anilines is 1. The molecule has 35 heavy (non-hydrogen) atoms. The van der Waals surface area contributed by atoms with Gasteiger partial charge in [0.1, 0.15) is 34.2 Å². The molecule has 0 unspecified atom stereocenters. The molecule has 1 aromatic carbocycles. The van der Waals surface area contributed by atoms with Crippen molar-refractivity contribution < 1.29 is 32.6 Å². The number of nitrogens with two attached hydrogens (primary N) is 1. The number of alkyl halides is 3. The van der Waals surface area contributed by atoms with Crippen molar-refractivity contribution in [2.24, 2.45) is 0 Å². The molecule has 9 nitrogen and oxygen atoms in total. The molecule has 0 spiro atoms. The Morgan fingerprint density at radius 1 is 1.11 bits per heavy atom. The van der Waals surface area contributed by atoms with E-state index in [2.05, 4.69) is 20.6 Å². The number of nitrogen functional groups attached to an aromatic ring is 1. The van der Waals surface area contributed by atoms with E-state index in [0.29, 0.717) is 24.6 Å². The number of benzene rings is 1. The lowest BCUT2D eigenvalue weighted by molar-refractivity contribution is -0.138. The van der Waals surface area contributed by atoms with Crippen molar-refractivity contribution >= 4 is 17.6 Å². The van der Waals surface area contributed by atoms with E-state index in [0.717, 1.165) is 12.1 Å². The zero-order valence-corrected chi connectivity index (χ0v) is 18.1. The first-order valence-electron chi connectivity index (χ1n) is 10.4. The van der Waals surface area contributed by atoms with Crippen LogP contribution < -0.4 is 21.1 Å². The van der Waals surface area contributed by atoms with E-state index >= 15 is 0 Å². The number of hydrogen-bond donors (Lipinski definition) is 4. The van der Waals surface area contributed by atoms with Crippen LogP contribution in [-0.2, 0) is 17.5 Å². The summed E-state index contributed by atoms with van der Waals surface area (Å²) >= 11 is 0. The van der Waals surface area contributed by atoms with Gasteiger partial charge in [-0.05, 0) is 55.3 Å². The highest BCUT2D eigenvalue weighted by atomic mass is 19.4. The standard InChI is InChI=1S/C23H20F3N5O4/c24-23(25,26)17-10-15(32)2-4-18(17)35-16-3-1-14(29-12-16)11-30-21(34)22(6-7-22)31-20(33)13-5-8-28-19(27)9-13/h1-5,8-10,12,32H,6-7,11H2,(H2,27,28)(H,30,34)(H,31,33). The summed E-state index contributed by atoms with van der Waals surface area (Å²) in [6.07, 6.45) is -1.16. The van der Waals surface area contributed by atoms with E-state index in [9.17, 15) is 27.9 Å². The predicted octanol–water partition coefficient (Wildman–Crippen LogP) is 3.15. The van der Waals surface area contributed by atoms with Crippen LogP contribution in [0.25, 0.3) is 0 Å². The lowest BCUT2D eigenvalue weighted by Crippen LogP contribution is -2.48. The number of aromatic nitrogens is 2. The number of pyridine rings is 2. The molecular formula is C23H20F3N5O4. The number of carbonyl (C=O) groups is 2. The van der Waals surface area contributed by atoms with Gasteiger partial charge in [-0.3, -0.25) is 14.6 Å². The summed E-state index contributed by atoms with van der Waals surface area (Å²) in [6.45, 7) is 0.0337. The lowest BCUT2D eigenvalue weighted by atomic mass is 10.2. The number of phenols is 1. The van der Waals surface area contributed by atoms with Crippen molar-refractivity contribution in [1.29, 1.82) is 0 Å². The van der Waals surface area contributed by atoms with Gasteiger partial charge in [0, 0.05) is 11.8 Å². The average molecular weight is 487 g/mol. The largest absolute Gasteiger partial charge is 0.508 e. The highest BCUT2D eigenvalue weighted by molar-refractivity contribution is 6.00. The average Bonchev–Trinajstić information content (AvgIpc) is 3.59. The molecule has 12 heteroatoms. The second kappa shape index (κ2) is 9.12. The van der Waals surface area contributed by atoms with Crippen LogP contribution in [0.15, 0.2) is 54.9 Å². The highest BCUT2D eigenvalue weighted by Gasteiger charge is 2.51. The van der Waals surface area contributed by atoms with Crippen LogP contribution in [0.4, 0.5) is 19.0 Å². The molecule has 3 aromatic rings. The molecule has 0 aliphatic heterocycles. The number of phenolic OH excluding ortho intramolecular Hbond substituents is 1. The van der Waals surface area contributed by atoms with Crippen molar-refractivity contribution in [3.8, 4) is 17.2 Å². The summed E-state index contributed by atoms with van der Waals surface area (Å²) in [6, 6.07) is 8.46. The minimum atomic E-state index is -4.72. The molecule has 1 fully saturated rings. The number of rotatable bonds is 7. The number of nitrogens with one attached hydrogen (secondary N) is 2. The summed E-state index contributed by atoms with van der Waals surface area (Å²) < 4.78 is 44.8. The number of halogens is 3. The Kier molecular flexibility index (Phi) is 6.20. The van der Waals surface area contributed by atoms with E-state index in [4.69, 9.17) is 10.5 Å². The molecule has 0 radical (unpaired) electrons. The maximum atomic E-state index is 13.2. The fourth-order valence-corrected chi connectivity index (χ4v) is 3.28. The zero-order valence-electron chi connectivity index (χ0n) is 18.1. The number of carbonyl (C=O) groups excluding carboxylic acids is 2. The third kappa shape index (κ3) is 5.60. The smallest absolute Gasteiger partial charge is 0.420 e. The molecule has 2 aromatic heterocycles. The predicted molar refractivity (Wildman–Crippen MR) is 117 cm³/mol. The number of ether oxygens (including phenoxy) is 1. The lowest BCUT2D eigenvalue weighted by Gasteiger charge is -2.17. The molecule has 2 amide bonds. The number of hydrogen-bond acceptors (Lipinski definition) is 7. The molecule has 1 saturated carbocycles. The van der Waals surface area contributed by atoms with E-state index in [1.165, 1.54) is 36.7 Å². The van der Waals surface area contributed by atoms with Crippen molar-refractivity contribution in [3.05, 3.63) is 71.7 Å². The van der Waals surface area contributed by atoms with Gasteiger partial charge in [0.15, 0.2) is 0 Å². The molecule has 5 N–H and O–H groups in total. The molecule has 0 saturated heterocycles. The maximum Gasteiger partial charge on any atom is 0.420 e. The Hall–Kier alpha value is -4.35. The second-order valence-electron chi connectivity index (χ2n) is 7.95. The Balaban J connectivity index is 1.35. The first kappa shape index (κ1) is 23.8. The van der Waals surface area contributed by atoms with Gasteiger partial charge in [0.05, 0.1) is 18.4 Å². The zero-order chi connectivity index (χ0) is 25.2. The van der Waals surface area contributed by atoms with E-state index in [-0.39, 0.29) is 29.6 Å². The van der Waals surface area contributed by atoms with Gasteiger partial charge >= 0.3 is 6.18 Å². The van der Waals surface area contributed by atoms with Gasteiger partial charge in [-0.25, -0.2) is 4.98 Å². The van der Waals surface area contributed by atoms with Crippen LogP contribution in [0.5, 0.6) is 17.2 Å². The summed E-state index contributed by atoms with van der Waals surface area (Å²) in [5.74, 6) is -1.62. The Labute approximate surface area is 197 Å². The van der Waals surface area contributed by atoms with Crippen LogP contribution in [0.1, 0.15) is 34.5 Å². The number of amides is 2. The van der Waals surface area contributed by atoms with Gasteiger partial charge in [-0.15, -0.1) is 0 Å². The van der Waals surface area contributed by atoms with Gasteiger partial charge in [0.2, 0.25) is 5.91 Å². The van der Waals surface area contributed by atoms with Gasteiger partial charge in [-0.1, -0.05) is 0 Å². The van der Waals surface area contributed by atoms with Crippen molar-refractivity contribution in [2.45, 2.75) is 31.1 Å². The first-order valence-corrected chi connectivity index (χ1v) is 10.4. The Bertz CT molecular complexity index is 1260. The molecule has 0 bridgehead atoms. The third-order valence-corrected chi connectivity index (χ3v) is 5.30. The van der Waals surface area contributed by atoms with Crippen molar-refractivity contribution in [3.63, 3.8) is 0 Å². The molecule has 2 heterocycles. The summed E-state index contributed by atoms with van der Waals surface area (Å²) in [5.41, 5.74) is 4.16. The fraction of sp³-hybridized carbons (Fsp3) is 0.217. The Morgan fingerprint density at radius 2 is 1.89 bits per heavy atom. The minimum absolute atomic E-state index is 0.0337.